The van der Waals surface area contributed by atoms with Gasteiger partial charge >= 0.3 is 0 Å². The molecule has 0 aliphatic rings. The maximum absolute atomic E-state index is 2.36. The lowest BCUT2D eigenvalue weighted by Crippen LogP contribution is -2.15. The first-order chi connectivity index (χ1) is 5.58. The molecule has 0 heterocycles. The van der Waals surface area contributed by atoms with Crippen LogP contribution in [0, 0.1) is 0 Å². The van der Waals surface area contributed by atoms with Gasteiger partial charge < -0.3 is 0 Å². The zero-order valence-corrected chi connectivity index (χ0v) is 9.04. The van der Waals surface area contributed by atoms with Gasteiger partial charge in [0.05, 0.1) is 8.07 Å². The van der Waals surface area contributed by atoms with E-state index >= 15 is 0 Å². The minimum atomic E-state index is -1.02. The Balaban J connectivity index is 2.71. The third-order valence-corrected chi connectivity index (χ3v) is 2.74. The summed E-state index contributed by atoms with van der Waals surface area (Å²) in [5, 5.41) is 0. The van der Waals surface area contributed by atoms with Crippen LogP contribution in [-0.2, 0) is 0 Å². The second-order valence-electron chi connectivity index (χ2n) is 4.11. The summed E-state index contributed by atoms with van der Waals surface area (Å²) in [5.41, 5.74) is 3.67. The van der Waals surface area contributed by atoms with Gasteiger partial charge in [-0.05, 0) is 5.56 Å². The molecule has 0 N–H and O–H groups in total. The molecule has 0 fully saturated rings. The van der Waals surface area contributed by atoms with Crippen LogP contribution in [0.4, 0.5) is 0 Å². The fourth-order valence-corrected chi connectivity index (χ4v) is 1.60. The van der Waals surface area contributed by atoms with Crippen molar-refractivity contribution in [3.8, 4) is 0 Å². The van der Waals surface area contributed by atoms with Crippen LogP contribution in [0.2, 0.25) is 19.6 Å². The van der Waals surface area contributed by atoms with Gasteiger partial charge in [0.2, 0.25) is 0 Å². The Hall–Kier alpha value is -0.823. The van der Waals surface area contributed by atoms with Crippen molar-refractivity contribution in [2.45, 2.75) is 19.6 Å². The third kappa shape index (κ3) is 3.53. The molecule has 0 saturated heterocycles. The van der Waals surface area contributed by atoms with Crippen molar-refractivity contribution in [2.75, 3.05) is 0 Å². The topological polar surface area (TPSA) is 0 Å². The Morgan fingerprint density at radius 1 is 1.00 bits per heavy atom. The molecule has 1 heteroatoms. The molecule has 0 nitrogen and oxygen atoms in total. The molecule has 1 rings (SSSR count). The summed E-state index contributed by atoms with van der Waals surface area (Å²) in [6, 6.07) is 10.5. The van der Waals surface area contributed by atoms with Gasteiger partial charge in [-0.2, -0.15) is 0 Å². The van der Waals surface area contributed by atoms with Gasteiger partial charge in [-0.3, -0.25) is 0 Å². The van der Waals surface area contributed by atoms with E-state index in [1.165, 1.54) is 5.56 Å². The Kier molecular flexibility index (Phi) is 2.87. The van der Waals surface area contributed by atoms with Gasteiger partial charge in [-0.1, -0.05) is 61.7 Å². The molecule has 0 aromatic heterocycles. The van der Waals surface area contributed by atoms with Crippen LogP contribution in [0.1, 0.15) is 5.56 Å². The quantitative estimate of drug-likeness (QED) is 0.604. The van der Waals surface area contributed by atoms with Gasteiger partial charge in [0.15, 0.2) is 0 Å². The second kappa shape index (κ2) is 3.72. The molecule has 1 aromatic rings. The largest absolute Gasteiger partial charge is 0.0944 e. The van der Waals surface area contributed by atoms with Gasteiger partial charge in [0.25, 0.3) is 0 Å². The monoisotopic (exact) mass is 176 g/mol. The highest BCUT2D eigenvalue weighted by Crippen LogP contribution is 2.07. The Morgan fingerprint density at radius 3 is 2.08 bits per heavy atom. The van der Waals surface area contributed by atoms with Crippen LogP contribution < -0.4 is 0 Å². The van der Waals surface area contributed by atoms with Crippen molar-refractivity contribution in [1.29, 1.82) is 0 Å². The van der Waals surface area contributed by atoms with E-state index in [1.807, 2.05) is 6.07 Å². The van der Waals surface area contributed by atoms with E-state index in [0.29, 0.717) is 0 Å². The standard InChI is InChI=1S/C11H16Si/c1-12(2,3)10-9-11-7-5-4-6-8-11/h4-10H,1-3H3/b10-9-. The SMILES string of the molecule is C[Si](C)(C)/C=C\c1ccccc1. The normalized spacial score (nSPS) is 12.2. The smallest absolute Gasteiger partial charge is 0.0687 e. The summed E-state index contributed by atoms with van der Waals surface area (Å²) in [4.78, 5) is 0. The van der Waals surface area contributed by atoms with Gasteiger partial charge in [-0.25, -0.2) is 0 Å². The van der Waals surface area contributed by atoms with Crippen molar-refractivity contribution in [3.63, 3.8) is 0 Å². The van der Waals surface area contributed by atoms with E-state index in [0.717, 1.165) is 0 Å². The average Bonchev–Trinajstić information content (AvgIpc) is 2.02. The highest BCUT2D eigenvalue weighted by Gasteiger charge is 2.06. The number of benzene rings is 1. The molecule has 0 spiro atoms. The zero-order chi connectivity index (χ0) is 9.03. The van der Waals surface area contributed by atoms with Crippen molar-refractivity contribution in [3.05, 3.63) is 41.6 Å². The highest BCUT2D eigenvalue weighted by atomic mass is 28.3. The second-order valence-corrected chi connectivity index (χ2v) is 9.18. The van der Waals surface area contributed by atoms with Gasteiger partial charge in [0.1, 0.15) is 0 Å². The van der Waals surface area contributed by atoms with E-state index in [1.54, 1.807) is 0 Å². The maximum Gasteiger partial charge on any atom is 0.0687 e. The summed E-state index contributed by atoms with van der Waals surface area (Å²) < 4.78 is 0. The Bertz CT molecular complexity index is 254. The van der Waals surface area contributed by atoms with Crippen molar-refractivity contribution < 1.29 is 0 Å². The molecule has 0 aliphatic carbocycles. The van der Waals surface area contributed by atoms with Crippen LogP contribution in [0.25, 0.3) is 6.08 Å². The lowest BCUT2D eigenvalue weighted by molar-refractivity contribution is 1.66. The van der Waals surface area contributed by atoms with E-state index in [-0.39, 0.29) is 0 Å². The minimum Gasteiger partial charge on any atom is -0.0944 e. The predicted molar refractivity (Wildman–Crippen MR) is 58.8 cm³/mol. The van der Waals surface area contributed by atoms with E-state index in [9.17, 15) is 0 Å². The molecular formula is C11H16Si. The number of hydrogen-bond acceptors (Lipinski definition) is 0. The first kappa shape index (κ1) is 9.27. The number of rotatable bonds is 2. The van der Waals surface area contributed by atoms with Crippen molar-refractivity contribution in [1.82, 2.24) is 0 Å². The molecular weight excluding hydrogens is 160 g/mol. The first-order valence-corrected chi connectivity index (χ1v) is 7.90. The van der Waals surface area contributed by atoms with Crippen LogP contribution in [0.5, 0.6) is 0 Å². The lowest BCUT2D eigenvalue weighted by Gasteiger charge is -2.07. The Labute approximate surface area is 75.9 Å². The predicted octanol–water partition coefficient (Wildman–Crippen LogP) is 3.58. The highest BCUT2D eigenvalue weighted by molar-refractivity contribution is 6.81. The van der Waals surface area contributed by atoms with Crippen molar-refractivity contribution >= 4 is 14.1 Å². The summed E-state index contributed by atoms with van der Waals surface area (Å²) >= 11 is 0. The van der Waals surface area contributed by atoms with Gasteiger partial charge in [-0.15, -0.1) is 0 Å². The van der Waals surface area contributed by atoms with Crippen LogP contribution in [0.15, 0.2) is 36.0 Å². The molecule has 64 valence electrons. The van der Waals surface area contributed by atoms with Crippen LogP contribution in [-0.4, -0.2) is 8.07 Å². The maximum atomic E-state index is 2.36. The van der Waals surface area contributed by atoms with Crippen LogP contribution in [0.3, 0.4) is 0 Å². The number of hydrogen-bond donors (Lipinski definition) is 0. The summed E-state index contributed by atoms with van der Waals surface area (Å²) in [6.45, 7) is 7.02. The van der Waals surface area contributed by atoms with E-state index in [4.69, 9.17) is 0 Å². The van der Waals surface area contributed by atoms with E-state index < -0.39 is 8.07 Å². The molecule has 0 aliphatic heterocycles. The summed E-state index contributed by atoms with van der Waals surface area (Å²) in [7, 11) is -1.02. The molecule has 0 bridgehead atoms. The molecule has 0 amide bonds. The molecule has 12 heavy (non-hydrogen) atoms. The summed E-state index contributed by atoms with van der Waals surface area (Å²) in [5.74, 6) is 0. The molecule has 0 radical (unpaired) electrons. The third-order valence-electron chi connectivity index (χ3n) is 1.58. The zero-order valence-electron chi connectivity index (χ0n) is 8.04. The molecule has 0 unspecified atom stereocenters. The van der Waals surface area contributed by atoms with E-state index in [2.05, 4.69) is 55.7 Å². The lowest BCUT2D eigenvalue weighted by atomic mass is 10.2. The molecule has 0 saturated carbocycles. The summed E-state index contributed by atoms with van der Waals surface area (Å²) in [6.07, 6.45) is 2.23. The fourth-order valence-electron chi connectivity index (χ4n) is 0.910. The van der Waals surface area contributed by atoms with Gasteiger partial charge in [0, 0.05) is 0 Å². The van der Waals surface area contributed by atoms with Crippen molar-refractivity contribution in [2.24, 2.45) is 0 Å². The molecule has 0 atom stereocenters. The first-order valence-electron chi connectivity index (χ1n) is 4.32. The molecule has 1 aromatic carbocycles. The van der Waals surface area contributed by atoms with Crippen LogP contribution >= 0.6 is 0 Å². The Morgan fingerprint density at radius 2 is 1.58 bits per heavy atom. The minimum absolute atomic E-state index is 1.02. The average molecular weight is 176 g/mol. The fraction of sp³-hybridized carbons (Fsp3) is 0.273.